The Bertz CT molecular complexity index is 1010. The maximum absolute atomic E-state index is 12.6. The molecule has 31 heavy (non-hydrogen) atoms. The average molecular weight is 420 g/mol. The van der Waals surface area contributed by atoms with Gasteiger partial charge in [-0.15, -0.1) is 0 Å². The largest absolute Gasteiger partial charge is 0.459 e. The number of carbonyl (C=O) groups excluding carboxylic acids is 2. The van der Waals surface area contributed by atoms with Crippen LogP contribution in [0.15, 0.2) is 71.3 Å². The number of carbonyl (C=O) groups is 2. The van der Waals surface area contributed by atoms with Gasteiger partial charge >= 0.3 is 0 Å². The number of morpholine rings is 1. The van der Waals surface area contributed by atoms with E-state index < -0.39 is 0 Å². The van der Waals surface area contributed by atoms with Crippen LogP contribution < -0.4 is 15.5 Å². The van der Waals surface area contributed by atoms with E-state index in [1.165, 1.54) is 16.7 Å². The number of furan rings is 1. The highest BCUT2D eigenvalue weighted by Gasteiger charge is 2.16. The highest BCUT2D eigenvalue weighted by Crippen LogP contribution is 2.13. The number of quaternary nitrogens is 1. The molecule has 1 aromatic heterocycles. The van der Waals surface area contributed by atoms with Crippen molar-refractivity contribution in [3.63, 3.8) is 0 Å². The lowest BCUT2D eigenvalue weighted by atomic mass is 10.1. The van der Waals surface area contributed by atoms with Crippen molar-refractivity contribution < 1.29 is 23.6 Å². The predicted molar refractivity (Wildman–Crippen MR) is 116 cm³/mol. The summed E-state index contributed by atoms with van der Waals surface area (Å²) in [7, 11) is 0. The van der Waals surface area contributed by atoms with Gasteiger partial charge in [0.25, 0.3) is 11.8 Å². The zero-order valence-electron chi connectivity index (χ0n) is 17.2. The molecule has 4 rings (SSSR count). The van der Waals surface area contributed by atoms with E-state index in [0.717, 1.165) is 38.4 Å². The van der Waals surface area contributed by atoms with Crippen LogP contribution >= 0.6 is 0 Å². The smallest absolute Gasteiger partial charge is 0.291 e. The number of hydrogen-bond acceptors (Lipinski definition) is 4. The summed E-state index contributed by atoms with van der Waals surface area (Å²) in [6.45, 7) is 5.00. The van der Waals surface area contributed by atoms with E-state index in [0.29, 0.717) is 17.8 Å². The van der Waals surface area contributed by atoms with Gasteiger partial charge in [0.15, 0.2) is 5.76 Å². The first-order valence-corrected chi connectivity index (χ1v) is 10.4. The molecule has 2 heterocycles. The van der Waals surface area contributed by atoms with Crippen molar-refractivity contribution >= 4 is 17.5 Å². The molecular weight excluding hydrogens is 394 g/mol. The summed E-state index contributed by atoms with van der Waals surface area (Å²) in [6.07, 6.45) is 1.45. The first kappa shape index (κ1) is 20.8. The second-order valence-corrected chi connectivity index (χ2v) is 7.50. The third-order valence-electron chi connectivity index (χ3n) is 5.35. The molecule has 1 saturated heterocycles. The van der Waals surface area contributed by atoms with Crippen molar-refractivity contribution in [2.75, 3.05) is 31.6 Å². The molecule has 0 unspecified atom stereocenters. The van der Waals surface area contributed by atoms with E-state index in [1.807, 2.05) is 12.1 Å². The van der Waals surface area contributed by atoms with E-state index in [9.17, 15) is 9.59 Å². The Balaban J connectivity index is 1.33. The highest BCUT2D eigenvalue weighted by molar-refractivity contribution is 6.02. The molecule has 0 saturated carbocycles. The second-order valence-electron chi connectivity index (χ2n) is 7.50. The van der Waals surface area contributed by atoms with Crippen LogP contribution in [0.4, 0.5) is 5.69 Å². The number of rotatable bonds is 7. The highest BCUT2D eigenvalue weighted by atomic mass is 16.5. The third-order valence-corrected chi connectivity index (χ3v) is 5.35. The molecule has 3 aromatic rings. The molecule has 3 N–H and O–H groups in total. The molecule has 7 nitrogen and oxygen atoms in total. The fourth-order valence-electron chi connectivity index (χ4n) is 3.59. The van der Waals surface area contributed by atoms with Crippen LogP contribution in [0.25, 0.3) is 0 Å². The summed E-state index contributed by atoms with van der Waals surface area (Å²) in [5.74, 6) is -0.252. The molecule has 0 spiro atoms. The Labute approximate surface area is 181 Å². The van der Waals surface area contributed by atoms with E-state index in [4.69, 9.17) is 9.15 Å². The van der Waals surface area contributed by atoms with Gasteiger partial charge in [0.05, 0.1) is 19.5 Å². The normalized spacial score (nSPS) is 14.2. The minimum atomic E-state index is -0.332. The van der Waals surface area contributed by atoms with Gasteiger partial charge in [0.1, 0.15) is 19.6 Å². The summed E-state index contributed by atoms with van der Waals surface area (Å²) < 4.78 is 10.5. The molecular formula is C24H26N3O4+. The molecule has 0 aliphatic carbocycles. The Hall–Kier alpha value is -3.42. The SMILES string of the molecule is O=C(NCc1ccccc1C[NH+]1CCOCC1)c1ccc(NC(=O)c2ccco2)cc1. The Morgan fingerprint density at radius 2 is 1.61 bits per heavy atom. The number of benzene rings is 2. The van der Waals surface area contributed by atoms with Gasteiger partial charge in [-0.2, -0.15) is 0 Å². The summed E-state index contributed by atoms with van der Waals surface area (Å²) in [4.78, 5) is 26.1. The maximum atomic E-state index is 12.6. The zero-order chi connectivity index (χ0) is 21.5. The molecule has 1 fully saturated rings. The first-order chi connectivity index (χ1) is 15.2. The van der Waals surface area contributed by atoms with Crippen LogP contribution in [0.2, 0.25) is 0 Å². The van der Waals surface area contributed by atoms with E-state index in [1.54, 1.807) is 36.4 Å². The van der Waals surface area contributed by atoms with Crippen LogP contribution in [0.5, 0.6) is 0 Å². The van der Waals surface area contributed by atoms with Crippen LogP contribution in [0.3, 0.4) is 0 Å². The zero-order valence-corrected chi connectivity index (χ0v) is 17.2. The molecule has 0 radical (unpaired) electrons. The Morgan fingerprint density at radius 1 is 0.871 bits per heavy atom. The summed E-state index contributed by atoms with van der Waals surface area (Å²) in [5, 5.41) is 5.74. The maximum Gasteiger partial charge on any atom is 0.291 e. The van der Waals surface area contributed by atoms with Crippen LogP contribution in [0, 0.1) is 0 Å². The monoisotopic (exact) mass is 420 g/mol. The van der Waals surface area contributed by atoms with Gasteiger partial charge in [-0.25, -0.2) is 0 Å². The van der Waals surface area contributed by atoms with Crippen molar-refractivity contribution in [1.29, 1.82) is 0 Å². The van der Waals surface area contributed by atoms with Crippen LogP contribution in [0.1, 0.15) is 32.0 Å². The van der Waals surface area contributed by atoms with Crippen molar-refractivity contribution in [1.82, 2.24) is 5.32 Å². The molecule has 0 atom stereocenters. The van der Waals surface area contributed by atoms with Gasteiger partial charge < -0.3 is 24.7 Å². The minimum Gasteiger partial charge on any atom is -0.459 e. The molecule has 160 valence electrons. The molecule has 1 aliphatic heterocycles. The Morgan fingerprint density at radius 3 is 2.32 bits per heavy atom. The molecule has 0 bridgehead atoms. The summed E-state index contributed by atoms with van der Waals surface area (Å²) in [5.41, 5.74) is 3.50. The van der Waals surface area contributed by atoms with Crippen molar-refractivity contribution in [3.8, 4) is 0 Å². The first-order valence-electron chi connectivity index (χ1n) is 10.4. The topological polar surface area (TPSA) is 85.0 Å². The minimum absolute atomic E-state index is 0.155. The van der Waals surface area contributed by atoms with Crippen molar-refractivity contribution in [3.05, 3.63) is 89.4 Å². The number of hydrogen-bond donors (Lipinski definition) is 3. The summed E-state index contributed by atoms with van der Waals surface area (Å²) in [6, 6.07) is 18.2. The molecule has 1 aliphatic rings. The standard InChI is InChI=1S/C24H25N3O4/c28-23(18-7-9-21(10-8-18)26-24(29)22-6-3-13-31-22)25-16-19-4-1-2-5-20(19)17-27-11-14-30-15-12-27/h1-10,13H,11-12,14-17H2,(H,25,28)(H,26,29)/p+1. The van der Waals surface area contributed by atoms with E-state index >= 15 is 0 Å². The number of ether oxygens (including phenoxy) is 1. The fraction of sp³-hybridized carbons (Fsp3) is 0.250. The number of anilines is 1. The molecule has 2 aromatic carbocycles. The van der Waals surface area contributed by atoms with Crippen molar-refractivity contribution in [2.45, 2.75) is 13.1 Å². The lowest BCUT2D eigenvalue weighted by molar-refractivity contribution is -0.921. The third kappa shape index (κ3) is 5.59. The van der Waals surface area contributed by atoms with Gasteiger partial charge in [0, 0.05) is 23.4 Å². The quantitative estimate of drug-likeness (QED) is 0.545. The molecule has 7 heteroatoms. The lowest BCUT2D eigenvalue weighted by Crippen LogP contribution is -3.12. The van der Waals surface area contributed by atoms with Gasteiger partial charge in [-0.3, -0.25) is 9.59 Å². The second kappa shape index (κ2) is 10.1. The Kier molecular flexibility index (Phi) is 6.76. The fourth-order valence-corrected chi connectivity index (χ4v) is 3.59. The van der Waals surface area contributed by atoms with E-state index in [-0.39, 0.29) is 17.6 Å². The van der Waals surface area contributed by atoms with Gasteiger partial charge in [-0.1, -0.05) is 24.3 Å². The summed E-state index contributed by atoms with van der Waals surface area (Å²) >= 11 is 0. The van der Waals surface area contributed by atoms with Crippen LogP contribution in [-0.4, -0.2) is 38.1 Å². The van der Waals surface area contributed by atoms with Gasteiger partial charge in [-0.05, 0) is 42.0 Å². The average Bonchev–Trinajstić information content (AvgIpc) is 3.35. The van der Waals surface area contributed by atoms with Gasteiger partial charge in [0.2, 0.25) is 0 Å². The molecule has 2 amide bonds. The van der Waals surface area contributed by atoms with Crippen molar-refractivity contribution in [2.24, 2.45) is 0 Å². The number of amides is 2. The lowest BCUT2D eigenvalue weighted by Gasteiger charge is -2.24. The van der Waals surface area contributed by atoms with Crippen LogP contribution in [-0.2, 0) is 17.8 Å². The predicted octanol–water partition coefficient (Wildman–Crippen LogP) is 1.88. The van der Waals surface area contributed by atoms with E-state index in [2.05, 4.69) is 22.8 Å². The number of nitrogens with one attached hydrogen (secondary N) is 3.